The lowest BCUT2D eigenvalue weighted by Crippen LogP contribution is -2.31. The lowest BCUT2D eigenvalue weighted by Gasteiger charge is -2.12. The Morgan fingerprint density at radius 1 is 1.16 bits per heavy atom. The number of carbonyl (C=O) groups is 1. The molecule has 0 fully saturated rings. The molecule has 1 atom stereocenters. The number of anilines is 1. The second kappa shape index (κ2) is 6.05. The van der Waals surface area contributed by atoms with Crippen molar-refractivity contribution in [2.75, 3.05) is 5.32 Å². The number of hydrogen-bond donors (Lipinski definition) is 1. The van der Waals surface area contributed by atoms with Crippen LogP contribution in [0, 0.1) is 13.8 Å². The van der Waals surface area contributed by atoms with Crippen LogP contribution >= 0.6 is 0 Å². The van der Waals surface area contributed by atoms with Crippen molar-refractivity contribution in [1.29, 1.82) is 0 Å². The van der Waals surface area contributed by atoms with Gasteiger partial charge in [0, 0.05) is 12.1 Å². The summed E-state index contributed by atoms with van der Waals surface area (Å²) in [4.78, 5) is 12.6. The molecule has 0 unspecified atom stereocenters. The Labute approximate surface area is 145 Å². The molecule has 3 aromatic rings. The first-order valence-electron chi connectivity index (χ1n) is 8.13. The minimum absolute atomic E-state index is 0.146. The van der Waals surface area contributed by atoms with Gasteiger partial charge >= 0.3 is 0 Å². The van der Waals surface area contributed by atoms with Crippen LogP contribution in [0.4, 0.5) is 5.69 Å². The highest BCUT2D eigenvalue weighted by Gasteiger charge is 2.29. The van der Waals surface area contributed by atoms with Crippen molar-refractivity contribution >= 4 is 11.6 Å². The van der Waals surface area contributed by atoms with Gasteiger partial charge in [-0.2, -0.15) is 0 Å². The van der Waals surface area contributed by atoms with Gasteiger partial charge in [-0.05, 0) is 54.8 Å². The van der Waals surface area contributed by atoms with Crippen molar-refractivity contribution in [3.8, 4) is 11.4 Å². The van der Waals surface area contributed by atoms with Gasteiger partial charge < -0.3 is 10.1 Å². The number of fused-ring (bicyclic) bond motifs is 1. The average molecular weight is 334 g/mol. The first kappa shape index (κ1) is 15.4. The number of nitrogens with one attached hydrogen (secondary N) is 1. The zero-order chi connectivity index (χ0) is 17.4. The van der Waals surface area contributed by atoms with Crippen molar-refractivity contribution in [1.82, 2.24) is 14.8 Å². The Hall–Kier alpha value is -3.15. The molecule has 4 rings (SSSR count). The van der Waals surface area contributed by atoms with Gasteiger partial charge in [0.25, 0.3) is 5.91 Å². The monoisotopic (exact) mass is 334 g/mol. The number of rotatable bonds is 3. The van der Waals surface area contributed by atoms with Crippen LogP contribution in [0.2, 0.25) is 0 Å². The highest BCUT2D eigenvalue weighted by atomic mass is 16.5. The Balaban J connectivity index is 1.49. The number of ether oxygens (including phenoxy) is 1. The second-order valence-electron chi connectivity index (χ2n) is 6.26. The summed E-state index contributed by atoms with van der Waals surface area (Å²) in [5, 5.41) is 10.5. The predicted molar refractivity (Wildman–Crippen MR) is 94.0 cm³/mol. The molecule has 0 bridgehead atoms. The van der Waals surface area contributed by atoms with Gasteiger partial charge in [-0.1, -0.05) is 12.1 Å². The zero-order valence-electron chi connectivity index (χ0n) is 14.1. The van der Waals surface area contributed by atoms with E-state index in [1.807, 2.05) is 37.3 Å². The molecular formula is C19H18N4O2. The lowest BCUT2D eigenvalue weighted by molar-refractivity contribution is -0.122. The molecule has 0 aliphatic carbocycles. The fraction of sp³-hybridized carbons (Fsp3) is 0.211. The summed E-state index contributed by atoms with van der Waals surface area (Å²) < 4.78 is 7.62. The van der Waals surface area contributed by atoms with Crippen molar-refractivity contribution in [2.45, 2.75) is 26.4 Å². The number of aromatic nitrogens is 3. The van der Waals surface area contributed by atoms with E-state index < -0.39 is 6.10 Å². The molecule has 25 heavy (non-hydrogen) atoms. The van der Waals surface area contributed by atoms with E-state index in [-0.39, 0.29) is 5.91 Å². The minimum Gasteiger partial charge on any atom is -0.480 e. The number of aryl methyl sites for hydroxylation is 2. The smallest absolute Gasteiger partial charge is 0.265 e. The van der Waals surface area contributed by atoms with E-state index in [2.05, 4.69) is 28.5 Å². The van der Waals surface area contributed by atoms with Gasteiger partial charge in [0.15, 0.2) is 6.10 Å². The highest BCUT2D eigenvalue weighted by molar-refractivity contribution is 5.95. The average Bonchev–Trinajstić information content (AvgIpc) is 3.25. The third-order valence-corrected chi connectivity index (χ3v) is 4.47. The molecule has 1 aliphatic rings. The number of carbonyl (C=O) groups excluding carboxylic acids is 1. The summed E-state index contributed by atoms with van der Waals surface area (Å²) >= 11 is 0. The van der Waals surface area contributed by atoms with Crippen molar-refractivity contribution in [3.05, 3.63) is 65.7 Å². The van der Waals surface area contributed by atoms with Gasteiger partial charge in [0.1, 0.15) is 18.4 Å². The summed E-state index contributed by atoms with van der Waals surface area (Å²) in [5.74, 6) is 0.661. The van der Waals surface area contributed by atoms with E-state index in [9.17, 15) is 4.79 Å². The quantitative estimate of drug-likeness (QED) is 0.800. The number of nitrogens with zero attached hydrogens (tertiary/aromatic N) is 3. The first-order chi connectivity index (χ1) is 12.1. The van der Waals surface area contributed by atoms with Gasteiger partial charge in [-0.3, -0.25) is 9.36 Å². The van der Waals surface area contributed by atoms with E-state index in [0.717, 1.165) is 17.0 Å². The number of amides is 1. The summed E-state index contributed by atoms with van der Waals surface area (Å²) in [7, 11) is 0. The minimum atomic E-state index is -0.505. The molecule has 1 N–H and O–H groups in total. The molecule has 1 amide bonds. The predicted octanol–water partition coefficient (Wildman–Crippen LogP) is 2.83. The van der Waals surface area contributed by atoms with Gasteiger partial charge in [-0.25, -0.2) is 0 Å². The summed E-state index contributed by atoms with van der Waals surface area (Å²) in [6.45, 7) is 4.11. The van der Waals surface area contributed by atoms with Crippen molar-refractivity contribution in [2.24, 2.45) is 0 Å². The van der Waals surface area contributed by atoms with Crippen molar-refractivity contribution in [3.63, 3.8) is 0 Å². The van der Waals surface area contributed by atoms with Gasteiger partial charge in [0.2, 0.25) is 0 Å². The maximum Gasteiger partial charge on any atom is 0.265 e. The fourth-order valence-electron chi connectivity index (χ4n) is 2.96. The molecule has 1 aliphatic heterocycles. The molecule has 2 aromatic carbocycles. The van der Waals surface area contributed by atoms with E-state index in [0.29, 0.717) is 12.1 Å². The standard InChI is InChI=1S/C19H18N4O2/c1-12-6-14-8-18(25-17(14)7-13(12)2)19(24)22-15-4-3-5-16(9-15)23-10-20-21-11-23/h3-7,9-11,18H,8H2,1-2H3,(H,22,24)/t18-/m1/s1. The second-order valence-corrected chi connectivity index (χ2v) is 6.26. The Kier molecular flexibility index (Phi) is 3.72. The van der Waals surface area contributed by atoms with Crippen LogP contribution in [0.15, 0.2) is 49.1 Å². The number of benzene rings is 2. The van der Waals surface area contributed by atoms with E-state index in [1.54, 1.807) is 17.2 Å². The van der Waals surface area contributed by atoms with Gasteiger partial charge in [-0.15, -0.1) is 10.2 Å². The molecule has 0 radical (unpaired) electrons. The van der Waals surface area contributed by atoms with Crippen LogP contribution in [-0.2, 0) is 11.2 Å². The largest absolute Gasteiger partial charge is 0.480 e. The zero-order valence-corrected chi connectivity index (χ0v) is 14.1. The SMILES string of the molecule is Cc1cc2c(cc1C)O[C@@H](C(=O)Nc1cccc(-n3cnnc3)c1)C2. The Morgan fingerprint density at radius 3 is 2.72 bits per heavy atom. The molecule has 1 aromatic heterocycles. The highest BCUT2D eigenvalue weighted by Crippen LogP contribution is 2.32. The maximum atomic E-state index is 12.6. The van der Waals surface area contributed by atoms with E-state index in [1.165, 1.54) is 11.1 Å². The maximum absolute atomic E-state index is 12.6. The van der Waals surface area contributed by atoms with Crippen LogP contribution in [0.5, 0.6) is 5.75 Å². The number of hydrogen-bond acceptors (Lipinski definition) is 4. The van der Waals surface area contributed by atoms with Crippen LogP contribution in [0.3, 0.4) is 0 Å². The van der Waals surface area contributed by atoms with Crippen LogP contribution in [0.1, 0.15) is 16.7 Å². The van der Waals surface area contributed by atoms with Crippen molar-refractivity contribution < 1.29 is 9.53 Å². The van der Waals surface area contributed by atoms with Gasteiger partial charge in [0.05, 0.1) is 5.69 Å². The third-order valence-electron chi connectivity index (χ3n) is 4.47. The lowest BCUT2D eigenvalue weighted by atomic mass is 10.0. The molecule has 6 nitrogen and oxygen atoms in total. The van der Waals surface area contributed by atoms with Crippen LogP contribution in [0.25, 0.3) is 5.69 Å². The fourth-order valence-corrected chi connectivity index (χ4v) is 2.96. The van der Waals surface area contributed by atoms with Crippen LogP contribution in [-0.4, -0.2) is 26.8 Å². The Bertz CT molecular complexity index is 904. The molecular weight excluding hydrogens is 316 g/mol. The molecule has 2 heterocycles. The topological polar surface area (TPSA) is 69.0 Å². The third kappa shape index (κ3) is 2.98. The van der Waals surface area contributed by atoms with Crippen LogP contribution < -0.4 is 10.1 Å². The van der Waals surface area contributed by atoms with E-state index >= 15 is 0 Å². The molecule has 0 saturated heterocycles. The first-order valence-corrected chi connectivity index (χ1v) is 8.13. The summed E-state index contributed by atoms with van der Waals surface area (Å²) in [6.07, 6.45) is 3.31. The molecule has 6 heteroatoms. The summed E-state index contributed by atoms with van der Waals surface area (Å²) in [5.41, 5.74) is 5.06. The Morgan fingerprint density at radius 2 is 1.92 bits per heavy atom. The molecule has 0 spiro atoms. The molecule has 0 saturated carbocycles. The normalized spacial score (nSPS) is 15.5. The van der Waals surface area contributed by atoms with E-state index in [4.69, 9.17) is 4.74 Å². The molecule has 126 valence electrons. The summed E-state index contributed by atoms with van der Waals surface area (Å²) in [6, 6.07) is 11.6.